The molecule has 1 aromatic rings. The molecule has 0 saturated heterocycles. The predicted octanol–water partition coefficient (Wildman–Crippen LogP) is 0.986. The van der Waals surface area contributed by atoms with E-state index < -0.39 is 0 Å². The molecule has 2 rings (SSSR count). The van der Waals surface area contributed by atoms with Crippen molar-refractivity contribution in [3.8, 4) is 23.3 Å². The van der Waals surface area contributed by atoms with E-state index in [-0.39, 0.29) is 0 Å². The fourth-order valence-corrected chi connectivity index (χ4v) is 1.21. The molecule has 14 heavy (non-hydrogen) atoms. The van der Waals surface area contributed by atoms with Crippen molar-refractivity contribution in [3.63, 3.8) is 0 Å². The standard InChI is InChI=1S/C11H11NO2/c1-12-6-2-3-9-4-5-10-11(7-9)14-8-13-10/h4-5,7,12H,6,8H2,1H3. The van der Waals surface area contributed by atoms with Crippen molar-refractivity contribution in [3.05, 3.63) is 23.8 Å². The predicted molar refractivity (Wildman–Crippen MR) is 53.4 cm³/mol. The molecule has 0 amide bonds. The summed E-state index contributed by atoms with van der Waals surface area (Å²) in [5.74, 6) is 7.59. The molecule has 0 aliphatic carbocycles. The van der Waals surface area contributed by atoms with Crippen LogP contribution in [0.5, 0.6) is 11.5 Å². The van der Waals surface area contributed by atoms with E-state index in [2.05, 4.69) is 17.2 Å². The van der Waals surface area contributed by atoms with E-state index in [1.807, 2.05) is 25.2 Å². The maximum Gasteiger partial charge on any atom is 0.231 e. The lowest BCUT2D eigenvalue weighted by Gasteiger charge is -1.95. The first-order valence-corrected chi connectivity index (χ1v) is 4.43. The van der Waals surface area contributed by atoms with Gasteiger partial charge in [-0.3, -0.25) is 0 Å². The van der Waals surface area contributed by atoms with Crippen LogP contribution >= 0.6 is 0 Å². The van der Waals surface area contributed by atoms with Crippen LogP contribution in [0.3, 0.4) is 0 Å². The fraction of sp³-hybridized carbons (Fsp3) is 0.273. The van der Waals surface area contributed by atoms with Gasteiger partial charge in [0.15, 0.2) is 11.5 Å². The molecule has 0 spiro atoms. The molecule has 1 aliphatic heterocycles. The topological polar surface area (TPSA) is 30.5 Å². The summed E-state index contributed by atoms with van der Waals surface area (Å²) in [6.45, 7) is 0.997. The number of hydrogen-bond acceptors (Lipinski definition) is 3. The lowest BCUT2D eigenvalue weighted by atomic mass is 10.2. The zero-order valence-electron chi connectivity index (χ0n) is 7.96. The molecule has 3 nitrogen and oxygen atoms in total. The number of nitrogens with one attached hydrogen (secondary N) is 1. The van der Waals surface area contributed by atoms with Crippen molar-refractivity contribution in [2.24, 2.45) is 0 Å². The van der Waals surface area contributed by atoms with Crippen LogP contribution in [-0.4, -0.2) is 20.4 Å². The van der Waals surface area contributed by atoms with Crippen LogP contribution in [0.2, 0.25) is 0 Å². The Kier molecular flexibility index (Phi) is 2.57. The molecule has 1 aliphatic rings. The van der Waals surface area contributed by atoms with E-state index in [1.54, 1.807) is 0 Å². The van der Waals surface area contributed by atoms with Crippen molar-refractivity contribution >= 4 is 0 Å². The number of fused-ring (bicyclic) bond motifs is 1. The molecule has 0 bridgehead atoms. The lowest BCUT2D eigenvalue weighted by Crippen LogP contribution is -2.04. The number of hydrogen-bond donors (Lipinski definition) is 1. The molecular formula is C11H11NO2. The normalized spacial score (nSPS) is 12.1. The zero-order chi connectivity index (χ0) is 9.80. The average Bonchev–Trinajstić information content (AvgIpc) is 2.65. The highest BCUT2D eigenvalue weighted by atomic mass is 16.7. The second-order valence-corrected chi connectivity index (χ2v) is 2.90. The van der Waals surface area contributed by atoms with Crippen molar-refractivity contribution < 1.29 is 9.47 Å². The molecule has 0 saturated carbocycles. The molecule has 72 valence electrons. The highest BCUT2D eigenvalue weighted by molar-refractivity contribution is 5.49. The highest BCUT2D eigenvalue weighted by Crippen LogP contribution is 2.32. The van der Waals surface area contributed by atoms with Gasteiger partial charge in [0.1, 0.15) is 0 Å². The molecule has 0 unspecified atom stereocenters. The van der Waals surface area contributed by atoms with E-state index in [0.29, 0.717) is 13.3 Å². The number of ether oxygens (including phenoxy) is 2. The van der Waals surface area contributed by atoms with Gasteiger partial charge >= 0.3 is 0 Å². The van der Waals surface area contributed by atoms with E-state index >= 15 is 0 Å². The average molecular weight is 189 g/mol. The third-order valence-electron chi connectivity index (χ3n) is 1.87. The van der Waals surface area contributed by atoms with E-state index in [4.69, 9.17) is 9.47 Å². The van der Waals surface area contributed by atoms with Gasteiger partial charge in [0.25, 0.3) is 0 Å². The molecule has 3 heteroatoms. The van der Waals surface area contributed by atoms with E-state index in [0.717, 1.165) is 17.1 Å². The Morgan fingerprint density at radius 1 is 1.36 bits per heavy atom. The van der Waals surface area contributed by atoms with Crippen molar-refractivity contribution in [1.29, 1.82) is 0 Å². The monoisotopic (exact) mass is 189 g/mol. The van der Waals surface area contributed by atoms with Crippen LogP contribution < -0.4 is 14.8 Å². The van der Waals surface area contributed by atoms with Gasteiger partial charge in [-0.1, -0.05) is 11.8 Å². The second-order valence-electron chi connectivity index (χ2n) is 2.90. The minimum atomic E-state index is 0.308. The minimum absolute atomic E-state index is 0.308. The zero-order valence-corrected chi connectivity index (χ0v) is 7.96. The Bertz CT molecular complexity index is 390. The fourth-order valence-electron chi connectivity index (χ4n) is 1.21. The minimum Gasteiger partial charge on any atom is -0.454 e. The molecule has 0 aromatic heterocycles. The van der Waals surface area contributed by atoms with E-state index in [9.17, 15) is 0 Å². The van der Waals surface area contributed by atoms with Crippen LogP contribution in [-0.2, 0) is 0 Å². The molecule has 0 atom stereocenters. The second kappa shape index (κ2) is 4.03. The van der Waals surface area contributed by atoms with Crippen molar-refractivity contribution in [1.82, 2.24) is 5.32 Å². The van der Waals surface area contributed by atoms with Crippen LogP contribution in [0.1, 0.15) is 5.56 Å². The van der Waals surface area contributed by atoms with Gasteiger partial charge in [-0.05, 0) is 25.2 Å². The molecule has 1 heterocycles. The summed E-state index contributed by atoms with van der Waals surface area (Å²) in [6, 6.07) is 5.70. The van der Waals surface area contributed by atoms with Crippen LogP contribution in [0.25, 0.3) is 0 Å². The SMILES string of the molecule is CNCC#Cc1ccc2c(c1)OCO2. The van der Waals surface area contributed by atoms with Gasteiger partial charge in [0.05, 0.1) is 6.54 Å². The van der Waals surface area contributed by atoms with E-state index in [1.165, 1.54) is 0 Å². The van der Waals surface area contributed by atoms with Gasteiger partial charge in [-0.2, -0.15) is 0 Å². The van der Waals surface area contributed by atoms with Crippen LogP contribution in [0, 0.1) is 11.8 Å². The third-order valence-corrected chi connectivity index (χ3v) is 1.87. The number of benzene rings is 1. The van der Waals surface area contributed by atoms with Gasteiger partial charge in [0.2, 0.25) is 6.79 Å². The smallest absolute Gasteiger partial charge is 0.231 e. The summed E-state index contributed by atoms with van der Waals surface area (Å²) < 4.78 is 10.4. The van der Waals surface area contributed by atoms with Crippen LogP contribution in [0.15, 0.2) is 18.2 Å². The highest BCUT2D eigenvalue weighted by Gasteiger charge is 2.12. The van der Waals surface area contributed by atoms with Gasteiger partial charge in [0, 0.05) is 5.56 Å². The first kappa shape index (κ1) is 8.92. The van der Waals surface area contributed by atoms with Crippen LogP contribution in [0.4, 0.5) is 0 Å². The van der Waals surface area contributed by atoms with Gasteiger partial charge in [-0.15, -0.1) is 0 Å². The Balaban J connectivity index is 2.18. The van der Waals surface area contributed by atoms with Crippen molar-refractivity contribution in [2.45, 2.75) is 0 Å². The summed E-state index contributed by atoms with van der Waals surface area (Å²) in [5, 5.41) is 2.96. The first-order chi connectivity index (χ1) is 6.90. The Morgan fingerprint density at radius 2 is 2.21 bits per heavy atom. The Morgan fingerprint density at radius 3 is 3.07 bits per heavy atom. The van der Waals surface area contributed by atoms with Gasteiger partial charge < -0.3 is 14.8 Å². The Labute approximate surface area is 83.0 Å². The maximum atomic E-state index is 5.24. The third kappa shape index (κ3) is 1.81. The summed E-state index contributed by atoms with van der Waals surface area (Å²) in [5.41, 5.74) is 0.949. The summed E-state index contributed by atoms with van der Waals surface area (Å²) in [4.78, 5) is 0. The summed E-state index contributed by atoms with van der Waals surface area (Å²) in [7, 11) is 1.87. The largest absolute Gasteiger partial charge is 0.454 e. The molecule has 0 radical (unpaired) electrons. The maximum absolute atomic E-state index is 5.24. The molecular weight excluding hydrogens is 178 g/mol. The summed E-state index contributed by atoms with van der Waals surface area (Å²) >= 11 is 0. The van der Waals surface area contributed by atoms with Crippen molar-refractivity contribution in [2.75, 3.05) is 20.4 Å². The Hall–Kier alpha value is -1.66. The van der Waals surface area contributed by atoms with Gasteiger partial charge in [-0.25, -0.2) is 0 Å². The first-order valence-electron chi connectivity index (χ1n) is 4.43. The molecule has 0 fully saturated rings. The quantitative estimate of drug-likeness (QED) is 0.668. The summed E-state index contributed by atoms with van der Waals surface area (Å²) in [6.07, 6.45) is 0. The molecule has 1 N–H and O–H groups in total. The lowest BCUT2D eigenvalue weighted by molar-refractivity contribution is 0.174. The molecule has 1 aromatic carbocycles. The number of rotatable bonds is 1.